The summed E-state index contributed by atoms with van der Waals surface area (Å²) in [5, 5.41) is 6.94. The van der Waals surface area contributed by atoms with E-state index < -0.39 is 0 Å². The molecule has 1 aromatic heterocycles. The van der Waals surface area contributed by atoms with E-state index in [0.717, 1.165) is 12.8 Å². The minimum Gasteiger partial charge on any atom is -0.396 e. The van der Waals surface area contributed by atoms with E-state index in [1.54, 1.807) is 4.68 Å². The first-order chi connectivity index (χ1) is 7.57. The highest BCUT2D eigenvalue weighted by Crippen LogP contribution is 2.15. The second-order valence-corrected chi connectivity index (χ2v) is 4.10. The predicted molar refractivity (Wildman–Crippen MR) is 64.3 cm³/mol. The average Bonchev–Trinajstić information content (AvgIpc) is 2.60. The van der Waals surface area contributed by atoms with E-state index >= 15 is 0 Å². The summed E-state index contributed by atoms with van der Waals surface area (Å²) in [6.07, 6.45) is 3.55. The van der Waals surface area contributed by atoms with Crippen LogP contribution in [0.3, 0.4) is 0 Å². The van der Waals surface area contributed by atoms with E-state index in [0.29, 0.717) is 17.9 Å². The molecule has 0 radical (unpaired) electrons. The van der Waals surface area contributed by atoms with Crippen LogP contribution in [0.4, 0.5) is 5.69 Å². The van der Waals surface area contributed by atoms with E-state index in [2.05, 4.69) is 17.3 Å². The third-order valence-corrected chi connectivity index (χ3v) is 2.34. The summed E-state index contributed by atoms with van der Waals surface area (Å²) >= 11 is 0. The number of carbonyl (C=O) groups excluding carboxylic acids is 1. The van der Waals surface area contributed by atoms with Gasteiger partial charge >= 0.3 is 0 Å². The smallest absolute Gasteiger partial charge is 0.271 e. The van der Waals surface area contributed by atoms with Crippen molar-refractivity contribution in [1.29, 1.82) is 0 Å². The topological polar surface area (TPSA) is 72.9 Å². The van der Waals surface area contributed by atoms with Crippen LogP contribution in [0.1, 0.15) is 50.1 Å². The van der Waals surface area contributed by atoms with Crippen molar-refractivity contribution in [2.75, 3.05) is 12.3 Å². The molecule has 1 rings (SSSR count). The second kappa shape index (κ2) is 5.53. The van der Waals surface area contributed by atoms with Gasteiger partial charge in [0.05, 0.1) is 11.9 Å². The van der Waals surface area contributed by atoms with Crippen molar-refractivity contribution in [3.8, 4) is 0 Å². The second-order valence-electron chi connectivity index (χ2n) is 4.10. The number of anilines is 1. The lowest BCUT2D eigenvalue weighted by Gasteiger charge is -2.11. The van der Waals surface area contributed by atoms with Crippen LogP contribution in [-0.2, 0) is 0 Å². The monoisotopic (exact) mass is 224 g/mol. The van der Waals surface area contributed by atoms with Gasteiger partial charge in [-0.05, 0) is 20.3 Å². The van der Waals surface area contributed by atoms with Crippen LogP contribution >= 0.6 is 0 Å². The van der Waals surface area contributed by atoms with Gasteiger partial charge in [-0.1, -0.05) is 13.3 Å². The van der Waals surface area contributed by atoms with E-state index in [1.165, 1.54) is 6.20 Å². The molecule has 0 fully saturated rings. The quantitative estimate of drug-likeness (QED) is 0.746. The largest absolute Gasteiger partial charge is 0.396 e. The number of aromatic nitrogens is 2. The van der Waals surface area contributed by atoms with E-state index in [-0.39, 0.29) is 11.9 Å². The highest BCUT2D eigenvalue weighted by molar-refractivity contribution is 5.97. The van der Waals surface area contributed by atoms with Crippen molar-refractivity contribution in [3.63, 3.8) is 0 Å². The summed E-state index contributed by atoms with van der Waals surface area (Å²) in [5.41, 5.74) is 6.64. The third-order valence-electron chi connectivity index (χ3n) is 2.34. The molecular weight excluding hydrogens is 204 g/mol. The summed E-state index contributed by atoms with van der Waals surface area (Å²) in [4.78, 5) is 11.9. The van der Waals surface area contributed by atoms with Gasteiger partial charge < -0.3 is 11.1 Å². The van der Waals surface area contributed by atoms with Gasteiger partial charge in [0.15, 0.2) is 0 Å². The van der Waals surface area contributed by atoms with Crippen LogP contribution in [-0.4, -0.2) is 22.2 Å². The summed E-state index contributed by atoms with van der Waals surface area (Å²) in [5.74, 6) is -0.142. The van der Waals surface area contributed by atoms with Crippen LogP contribution in [0.15, 0.2) is 6.20 Å². The average molecular weight is 224 g/mol. The first-order valence-electron chi connectivity index (χ1n) is 5.69. The number of unbranched alkanes of at least 4 members (excludes halogenated alkanes) is 1. The maximum absolute atomic E-state index is 11.9. The van der Waals surface area contributed by atoms with Gasteiger partial charge in [-0.3, -0.25) is 9.48 Å². The Morgan fingerprint density at radius 3 is 2.88 bits per heavy atom. The number of hydrogen-bond acceptors (Lipinski definition) is 3. The summed E-state index contributed by atoms with van der Waals surface area (Å²) in [7, 11) is 0. The van der Waals surface area contributed by atoms with Crippen molar-refractivity contribution >= 4 is 11.6 Å². The Labute approximate surface area is 96.0 Å². The molecule has 1 aromatic rings. The van der Waals surface area contributed by atoms with Crippen LogP contribution in [0.2, 0.25) is 0 Å². The van der Waals surface area contributed by atoms with Crippen molar-refractivity contribution in [3.05, 3.63) is 11.9 Å². The Kier molecular flexibility index (Phi) is 4.34. The molecule has 5 nitrogen and oxygen atoms in total. The number of rotatable bonds is 5. The van der Waals surface area contributed by atoms with Crippen LogP contribution in [0.5, 0.6) is 0 Å². The van der Waals surface area contributed by atoms with Gasteiger partial charge in [0.2, 0.25) is 0 Å². The van der Waals surface area contributed by atoms with Gasteiger partial charge in [-0.15, -0.1) is 0 Å². The lowest BCUT2D eigenvalue weighted by Crippen LogP contribution is -2.28. The Bertz CT molecular complexity index is 357. The van der Waals surface area contributed by atoms with Crippen molar-refractivity contribution in [2.45, 2.75) is 39.7 Å². The number of amides is 1. The molecule has 1 amide bonds. The highest BCUT2D eigenvalue weighted by Gasteiger charge is 2.17. The predicted octanol–water partition coefficient (Wildman–Crippen LogP) is 1.58. The van der Waals surface area contributed by atoms with Crippen molar-refractivity contribution in [1.82, 2.24) is 15.1 Å². The molecule has 0 aliphatic rings. The van der Waals surface area contributed by atoms with Gasteiger partial charge in [-0.2, -0.15) is 5.10 Å². The maximum atomic E-state index is 11.9. The van der Waals surface area contributed by atoms with Gasteiger partial charge in [-0.25, -0.2) is 0 Å². The zero-order chi connectivity index (χ0) is 12.1. The molecular formula is C11H20N4O. The minimum atomic E-state index is -0.142. The molecule has 0 unspecified atom stereocenters. The number of carbonyl (C=O) groups is 1. The number of hydrogen-bond donors (Lipinski definition) is 2. The molecule has 0 atom stereocenters. The molecule has 5 heteroatoms. The third kappa shape index (κ3) is 2.74. The zero-order valence-electron chi connectivity index (χ0n) is 10.2. The normalized spacial score (nSPS) is 10.8. The van der Waals surface area contributed by atoms with Crippen molar-refractivity contribution in [2.24, 2.45) is 0 Å². The highest BCUT2D eigenvalue weighted by atomic mass is 16.2. The first kappa shape index (κ1) is 12.5. The molecule has 0 aromatic carbocycles. The molecule has 0 saturated carbocycles. The van der Waals surface area contributed by atoms with Crippen LogP contribution in [0.25, 0.3) is 0 Å². The Hall–Kier alpha value is -1.52. The van der Waals surface area contributed by atoms with Gasteiger partial charge in [0, 0.05) is 12.6 Å². The molecule has 0 aliphatic carbocycles. The summed E-state index contributed by atoms with van der Waals surface area (Å²) in [6, 6.07) is 0.129. The fourth-order valence-corrected chi connectivity index (χ4v) is 1.46. The fraction of sp³-hybridized carbons (Fsp3) is 0.636. The number of nitrogens with zero attached hydrogens (tertiary/aromatic N) is 2. The molecule has 16 heavy (non-hydrogen) atoms. The van der Waals surface area contributed by atoms with Crippen LogP contribution < -0.4 is 11.1 Å². The Morgan fingerprint density at radius 2 is 2.31 bits per heavy atom. The SMILES string of the molecule is CCCCNC(=O)c1c(N)cnn1C(C)C. The molecule has 1 heterocycles. The molecule has 0 bridgehead atoms. The minimum absolute atomic E-state index is 0.129. The van der Waals surface area contributed by atoms with Gasteiger partial charge in [0.25, 0.3) is 5.91 Å². The van der Waals surface area contributed by atoms with Crippen LogP contribution in [0, 0.1) is 0 Å². The number of nitrogens with one attached hydrogen (secondary N) is 1. The fourth-order valence-electron chi connectivity index (χ4n) is 1.46. The number of nitrogens with two attached hydrogens (primary N) is 1. The van der Waals surface area contributed by atoms with Gasteiger partial charge in [0.1, 0.15) is 5.69 Å². The maximum Gasteiger partial charge on any atom is 0.271 e. The first-order valence-corrected chi connectivity index (χ1v) is 5.69. The zero-order valence-corrected chi connectivity index (χ0v) is 10.2. The lowest BCUT2D eigenvalue weighted by molar-refractivity contribution is 0.0941. The van der Waals surface area contributed by atoms with Crippen molar-refractivity contribution < 1.29 is 4.79 Å². The summed E-state index contributed by atoms with van der Waals surface area (Å²) in [6.45, 7) is 6.70. The molecule has 0 saturated heterocycles. The molecule has 0 spiro atoms. The van der Waals surface area contributed by atoms with E-state index in [4.69, 9.17) is 5.73 Å². The standard InChI is InChI=1S/C11H20N4O/c1-4-5-6-13-11(16)10-9(12)7-14-15(10)8(2)3/h7-8H,4-6,12H2,1-3H3,(H,13,16). The molecule has 0 aliphatic heterocycles. The lowest BCUT2D eigenvalue weighted by atomic mass is 10.3. The Morgan fingerprint density at radius 1 is 1.62 bits per heavy atom. The molecule has 3 N–H and O–H groups in total. The Balaban J connectivity index is 2.77. The molecule has 90 valence electrons. The summed E-state index contributed by atoms with van der Waals surface area (Å²) < 4.78 is 1.65. The van der Waals surface area contributed by atoms with E-state index in [1.807, 2.05) is 13.8 Å². The van der Waals surface area contributed by atoms with E-state index in [9.17, 15) is 4.79 Å². The number of nitrogen functional groups attached to an aromatic ring is 1.